The van der Waals surface area contributed by atoms with E-state index in [2.05, 4.69) is 27.4 Å². The van der Waals surface area contributed by atoms with Crippen LogP contribution < -0.4 is 14.9 Å². The first-order valence-electron chi connectivity index (χ1n) is 11.4. The number of imidazole rings is 1. The number of hydrazone groups is 1. The normalized spacial score (nSPS) is 11.1. The van der Waals surface area contributed by atoms with Crippen molar-refractivity contribution in [2.24, 2.45) is 5.10 Å². The predicted molar refractivity (Wildman–Crippen MR) is 135 cm³/mol. The summed E-state index contributed by atoms with van der Waals surface area (Å²) in [5, 5.41) is 4.10. The van der Waals surface area contributed by atoms with Crippen LogP contribution >= 0.6 is 0 Å². The number of H-pyrrole nitrogens is 1. The van der Waals surface area contributed by atoms with E-state index in [-0.39, 0.29) is 5.91 Å². The van der Waals surface area contributed by atoms with Crippen LogP contribution in [0.1, 0.15) is 42.1 Å². The number of hydrogen-bond acceptors (Lipinski definition) is 5. The van der Waals surface area contributed by atoms with E-state index >= 15 is 0 Å². The third-order valence-corrected chi connectivity index (χ3v) is 5.36. The number of unbranched alkanes of at least 4 members (excludes halogenated alkanes) is 2. The lowest BCUT2D eigenvalue weighted by Crippen LogP contribution is -2.17. The lowest BCUT2D eigenvalue weighted by atomic mass is 10.2. The van der Waals surface area contributed by atoms with Crippen LogP contribution in [0.2, 0.25) is 0 Å². The first-order chi connectivity index (χ1) is 16.7. The van der Waals surface area contributed by atoms with E-state index in [0.717, 1.165) is 47.2 Å². The minimum Gasteiger partial charge on any atom is -0.493 e. The molecule has 1 heterocycles. The van der Waals surface area contributed by atoms with Gasteiger partial charge in [-0.05, 0) is 48.4 Å². The van der Waals surface area contributed by atoms with Crippen molar-refractivity contribution in [1.82, 2.24) is 15.4 Å². The standard InChI is InChI=1S/C27H28N4O3/c1-3-4-8-15-34-24-14-11-19(16-25(24)33-2)18-28-31-27(32)21-12-13-22-23(17-21)30-26(29-22)20-9-6-5-7-10-20/h5-7,9-14,16-18H,3-4,8,15H2,1-2H3,(H,29,30)(H,31,32)/b28-18+. The number of carbonyl (C=O) groups excluding carboxylic acids is 1. The molecule has 7 heteroatoms. The highest BCUT2D eigenvalue weighted by Crippen LogP contribution is 2.28. The molecule has 174 valence electrons. The monoisotopic (exact) mass is 456 g/mol. The summed E-state index contributed by atoms with van der Waals surface area (Å²) in [6.07, 6.45) is 4.86. The number of fused-ring (bicyclic) bond motifs is 1. The van der Waals surface area contributed by atoms with Crippen molar-refractivity contribution in [2.45, 2.75) is 26.2 Å². The van der Waals surface area contributed by atoms with Crippen molar-refractivity contribution in [3.05, 3.63) is 77.9 Å². The second-order valence-corrected chi connectivity index (χ2v) is 7.85. The summed E-state index contributed by atoms with van der Waals surface area (Å²) >= 11 is 0. The van der Waals surface area contributed by atoms with Gasteiger partial charge in [-0.25, -0.2) is 10.4 Å². The van der Waals surface area contributed by atoms with Crippen molar-refractivity contribution in [3.63, 3.8) is 0 Å². The SMILES string of the molecule is CCCCCOc1ccc(/C=N/NC(=O)c2ccc3nc(-c4ccccc4)[nH]c3c2)cc1OC. The van der Waals surface area contributed by atoms with Gasteiger partial charge in [0.25, 0.3) is 5.91 Å². The number of ether oxygens (including phenoxy) is 2. The Balaban J connectivity index is 1.40. The minimum absolute atomic E-state index is 0.308. The number of benzene rings is 3. The van der Waals surface area contributed by atoms with Crippen LogP contribution in [0, 0.1) is 0 Å². The van der Waals surface area contributed by atoms with Crippen LogP contribution in [-0.2, 0) is 0 Å². The predicted octanol–water partition coefficient (Wildman–Crippen LogP) is 5.57. The highest BCUT2D eigenvalue weighted by molar-refractivity contribution is 5.98. The number of nitrogens with one attached hydrogen (secondary N) is 2. The van der Waals surface area contributed by atoms with Crippen LogP contribution in [0.25, 0.3) is 22.4 Å². The van der Waals surface area contributed by atoms with Gasteiger partial charge in [0.1, 0.15) is 5.82 Å². The molecule has 0 atom stereocenters. The summed E-state index contributed by atoms with van der Waals surface area (Å²) in [4.78, 5) is 20.5. The molecule has 3 aromatic carbocycles. The molecule has 1 amide bonds. The number of hydrogen-bond donors (Lipinski definition) is 2. The zero-order chi connectivity index (χ0) is 23.8. The maximum Gasteiger partial charge on any atom is 0.271 e. The number of carbonyl (C=O) groups is 1. The van der Waals surface area contributed by atoms with Crippen molar-refractivity contribution in [3.8, 4) is 22.9 Å². The molecule has 4 rings (SSSR count). The number of aromatic nitrogens is 2. The summed E-state index contributed by atoms with van der Waals surface area (Å²) in [5.74, 6) is 1.78. The minimum atomic E-state index is -0.308. The van der Waals surface area contributed by atoms with Gasteiger partial charge >= 0.3 is 0 Å². The molecule has 0 saturated carbocycles. The molecule has 0 fully saturated rings. The third-order valence-electron chi connectivity index (χ3n) is 5.36. The fraction of sp³-hybridized carbons (Fsp3) is 0.222. The van der Waals surface area contributed by atoms with Gasteiger partial charge in [0.2, 0.25) is 0 Å². The molecule has 0 aliphatic heterocycles. The molecule has 0 radical (unpaired) electrons. The van der Waals surface area contributed by atoms with Gasteiger partial charge in [-0.3, -0.25) is 4.79 Å². The molecule has 1 aromatic heterocycles. The van der Waals surface area contributed by atoms with E-state index in [1.165, 1.54) is 0 Å². The molecule has 0 spiro atoms. The van der Waals surface area contributed by atoms with Gasteiger partial charge in [0, 0.05) is 11.1 Å². The number of amides is 1. The first kappa shape index (κ1) is 23.0. The van der Waals surface area contributed by atoms with Gasteiger partial charge < -0.3 is 14.5 Å². The molecular weight excluding hydrogens is 428 g/mol. The fourth-order valence-electron chi connectivity index (χ4n) is 3.53. The van der Waals surface area contributed by atoms with E-state index in [1.807, 2.05) is 54.6 Å². The van der Waals surface area contributed by atoms with Crippen molar-refractivity contribution in [1.29, 1.82) is 0 Å². The number of methoxy groups -OCH3 is 1. The maximum atomic E-state index is 12.6. The largest absolute Gasteiger partial charge is 0.493 e. The Kier molecular flexibility index (Phi) is 7.55. The second-order valence-electron chi connectivity index (χ2n) is 7.85. The van der Waals surface area contributed by atoms with Crippen LogP contribution in [0.4, 0.5) is 0 Å². The average Bonchev–Trinajstić information content (AvgIpc) is 3.31. The molecule has 0 aliphatic carbocycles. The van der Waals surface area contributed by atoms with Gasteiger partial charge in [0.05, 0.1) is 31.0 Å². The van der Waals surface area contributed by atoms with E-state index in [4.69, 9.17) is 9.47 Å². The smallest absolute Gasteiger partial charge is 0.271 e. The van der Waals surface area contributed by atoms with E-state index in [1.54, 1.807) is 25.5 Å². The summed E-state index contributed by atoms with van der Waals surface area (Å²) in [7, 11) is 1.60. The van der Waals surface area contributed by atoms with E-state index in [0.29, 0.717) is 23.7 Å². The summed E-state index contributed by atoms with van der Waals surface area (Å²) in [6, 6.07) is 20.7. The highest BCUT2D eigenvalue weighted by Gasteiger charge is 2.10. The van der Waals surface area contributed by atoms with Gasteiger partial charge in [0.15, 0.2) is 11.5 Å². The lowest BCUT2D eigenvalue weighted by Gasteiger charge is -2.11. The molecule has 0 bridgehead atoms. The molecule has 34 heavy (non-hydrogen) atoms. The van der Waals surface area contributed by atoms with Crippen LogP contribution in [-0.4, -0.2) is 35.8 Å². The fourth-order valence-corrected chi connectivity index (χ4v) is 3.53. The molecule has 0 aliphatic rings. The van der Waals surface area contributed by atoms with Gasteiger partial charge in [-0.2, -0.15) is 5.10 Å². The summed E-state index contributed by atoms with van der Waals surface area (Å²) in [6.45, 7) is 2.81. The quantitative estimate of drug-likeness (QED) is 0.185. The van der Waals surface area contributed by atoms with Gasteiger partial charge in [-0.1, -0.05) is 50.1 Å². The highest BCUT2D eigenvalue weighted by atomic mass is 16.5. The Labute approximate surface area is 198 Å². The van der Waals surface area contributed by atoms with Crippen LogP contribution in [0.15, 0.2) is 71.8 Å². The number of nitrogens with zero attached hydrogens (tertiary/aromatic N) is 2. The van der Waals surface area contributed by atoms with E-state index < -0.39 is 0 Å². The molecule has 0 unspecified atom stereocenters. The van der Waals surface area contributed by atoms with Crippen LogP contribution in [0.5, 0.6) is 11.5 Å². The number of rotatable bonds is 10. The lowest BCUT2D eigenvalue weighted by molar-refractivity contribution is 0.0955. The Bertz CT molecular complexity index is 1280. The Hall–Kier alpha value is -4.13. The zero-order valence-corrected chi connectivity index (χ0v) is 19.4. The van der Waals surface area contributed by atoms with Crippen molar-refractivity contribution in [2.75, 3.05) is 13.7 Å². The Morgan fingerprint density at radius 1 is 1.06 bits per heavy atom. The topological polar surface area (TPSA) is 88.6 Å². The number of aromatic amines is 1. The average molecular weight is 457 g/mol. The van der Waals surface area contributed by atoms with Crippen LogP contribution in [0.3, 0.4) is 0 Å². The summed E-state index contributed by atoms with van der Waals surface area (Å²) < 4.78 is 11.2. The van der Waals surface area contributed by atoms with Gasteiger partial charge in [-0.15, -0.1) is 0 Å². The van der Waals surface area contributed by atoms with Crippen molar-refractivity contribution < 1.29 is 14.3 Å². The molecule has 7 nitrogen and oxygen atoms in total. The summed E-state index contributed by atoms with van der Waals surface area (Å²) in [5.41, 5.74) is 6.42. The maximum absolute atomic E-state index is 12.6. The molecular formula is C27H28N4O3. The Morgan fingerprint density at radius 3 is 2.71 bits per heavy atom. The molecule has 2 N–H and O–H groups in total. The molecule has 4 aromatic rings. The van der Waals surface area contributed by atoms with Crippen molar-refractivity contribution >= 4 is 23.2 Å². The third kappa shape index (κ3) is 5.61. The second kappa shape index (κ2) is 11.1. The molecule has 0 saturated heterocycles. The first-order valence-corrected chi connectivity index (χ1v) is 11.4. The Morgan fingerprint density at radius 2 is 1.91 bits per heavy atom. The zero-order valence-electron chi connectivity index (χ0n) is 19.4. The van der Waals surface area contributed by atoms with E-state index in [9.17, 15) is 4.79 Å².